The standard InChI is InChI=1S/C62H113NO5/c1-4-7-10-13-16-19-22-25-28-30-31-32-34-37-40-43-46-49-52-55-62(67)68-58(53-50-47-44-41-38-35-33-29-26-23-20-17-14-11-8-5-2)56-61(66)63-59(57-64)60(65)54-51-48-45-42-39-36-27-24-21-18-15-12-9-6-3/h11,14,17,20,23,26,29,33,35,38,58-60,64-65H,4-10,12-13,15-16,18-19,21-22,24-25,27-28,30-32,34,36-37,39-57H2,1-3H3,(H,63,66)/b14-11+,20-17+,26-23+,33-29+,38-35+. The van der Waals surface area contributed by atoms with Crippen LogP contribution in [-0.2, 0) is 14.3 Å². The Morgan fingerprint density at radius 2 is 0.779 bits per heavy atom. The molecule has 0 aliphatic heterocycles. The molecular formula is C62H113NO5. The van der Waals surface area contributed by atoms with Crippen LogP contribution in [0.1, 0.15) is 297 Å². The highest BCUT2D eigenvalue weighted by Crippen LogP contribution is 2.19. The molecule has 0 aromatic carbocycles. The maximum atomic E-state index is 13.3. The molecule has 68 heavy (non-hydrogen) atoms. The number of esters is 1. The monoisotopic (exact) mass is 952 g/mol. The van der Waals surface area contributed by atoms with Gasteiger partial charge in [-0.3, -0.25) is 9.59 Å². The number of amides is 1. The highest BCUT2D eigenvalue weighted by atomic mass is 16.5. The summed E-state index contributed by atoms with van der Waals surface area (Å²) in [5, 5.41) is 23.9. The average molecular weight is 953 g/mol. The lowest BCUT2D eigenvalue weighted by atomic mass is 10.0. The predicted octanol–water partition coefficient (Wildman–Crippen LogP) is 18.4. The molecule has 0 aliphatic rings. The summed E-state index contributed by atoms with van der Waals surface area (Å²) in [7, 11) is 0. The van der Waals surface area contributed by atoms with Crippen LogP contribution in [0.5, 0.6) is 0 Å². The van der Waals surface area contributed by atoms with Gasteiger partial charge in [0.25, 0.3) is 0 Å². The van der Waals surface area contributed by atoms with Gasteiger partial charge in [-0.05, 0) is 44.9 Å². The first-order chi connectivity index (χ1) is 33.5. The van der Waals surface area contributed by atoms with Gasteiger partial charge in [0.05, 0.1) is 25.2 Å². The summed E-state index contributed by atoms with van der Waals surface area (Å²) in [5.41, 5.74) is 0. The molecule has 0 bridgehead atoms. The topological polar surface area (TPSA) is 95.9 Å². The van der Waals surface area contributed by atoms with E-state index in [9.17, 15) is 19.8 Å². The third-order valence-corrected chi connectivity index (χ3v) is 13.5. The van der Waals surface area contributed by atoms with Crippen LogP contribution >= 0.6 is 0 Å². The van der Waals surface area contributed by atoms with Gasteiger partial charge >= 0.3 is 5.97 Å². The summed E-state index contributed by atoms with van der Waals surface area (Å²) in [6.45, 7) is 6.42. The zero-order chi connectivity index (χ0) is 49.5. The van der Waals surface area contributed by atoms with Crippen LogP contribution in [0, 0.1) is 0 Å². The van der Waals surface area contributed by atoms with E-state index in [-0.39, 0.29) is 24.9 Å². The van der Waals surface area contributed by atoms with Crippen molar-refractivity contribution in [2.75, 3.05) is 6.61 Å². The number of aliphatic hydroxyl groups excluding tert-OH is 2. The lowest BCUT2D eigenvalue weighted by Gasteiger charge is -2.24. The van der Waals surface area contributed by atoms with Crippen LogP contribution < -0.4 is 5.32 Å². The molecule has 0 heterocycles. The molecule has 6 nitrogen and oxygen atoms in total. The third kappa shape index (κ3) is 50.0. The van der Waals surface area contributed by atoms with Crippen molar-refractivity contribution < 1.29 is 24.5 Å². The van der Waals surface area contributed by atoms with Crippen LogP contribution in [0.3, 0.4) is 0 Å². The quantitative estimate of drug-likeness (QED) is 0.0321. The van der Waals surface area contributed by atoms with E-state index in [4.69, 9.17) is 4.74 Å². The second kappa shape index (κ2) is 55.5. The third-order valence-electron chi connectivity index (χ3n) is 13.5. The molecule has 1 amide bonds. The first kappa shape index (κ1) is 65.6. The predicted molar refractivity (Wildman–Crippen MR) is 296 cm³/mol. The number of hydrogen-bond acceptors (Lipinski definition) is 5. The molecule has 3 atom stereocenters. The summed E-state index contributed by atoms with van der Waals surface area (Å²) in [5.74, 6) is -0.504. The summed E-state index contributed by atoms with van der Waals surface area (Å²) in [6, 6.07) is -0.717. The number of allylic oxidation sites excluding steroid dienone is 10. The molecule has 0 aliphatic carbocycles. The van der Waals surface area contributed by atoms with Gasteiger partial charge in [-0.2, -0.15) is 0 Å². The van der Waals surface area contributed by atoms with Crippen LogP contribution in [0.25, 0.3) is 0 Å². The molecule has 0 aromatic rings. The van der Waals surface area contributed by atoms with E-state index >= 15 is 0 Å². The number of unbranched alkanes of at least 4 members (excludes halogenated alkanes) is 35. The SMILES string of the molecule is CCC/C=C/C=C/C=C/C=C/C=C/CCCCCC(CC(=O)NC(CO)C(O)CCCCCCCCCCCCCCCC)OC(=O)CCCCCCCCCCCCCCCCCCCCC. The van der Waals surface area contributed by atoms with Crippen molar-refractivity contribution >= 4 is 11.9 Å². The number of carbonyl (C=O) groups excluding carboxylic acids is 2. The fourth-order valence-electron chi connectivity index (χ4n) is 8.99. The first-order valence-electron chi connectivity index (χ1n) is 29.6. The Morgan fingerprint density at radius 3 is 1.19 bits per heavy atom. The Kier molecular flexibility index (Phi) is 53.5. The Labute approximate surface area is 422 Å². The average Bonchev–Trinajstić information content (AvgIpc) is 3.33. The summed E-state index contributed by atoms with van der Waals surface area (Å²) in [4.78, 5) is 26.3. The maximum absolute atomic E-state index is 13.3. The van der Waals surface area contributed by atoms with Crippen molar-refractivity contribution in [3.63, 3.8) is 0 Å². The molecule has 0 rings (SSSR count). The van der Waals surface area contributed by atoms with Gasteiger partial charge in [0.1, 0.15) is 6.10 Å². The van der Waals surface area contributed by atoms with Crippen molar-refractivity contribution in [1.82, 2.24) is 5.32 Å². The van der Waals surface area contributed by atoms with E-state index in [0.717, 1.165) is 70.6 Å². The van der Waals surface area contributed by atoms with E-state index in [1.807, 2.05) is 30.4 Å². The molecular weight excluding hydrogens is 839 g/mol. The number of hydrogen-bond donors (Lipinski definition) is 3. The van der Waals surface area contributed by atoms with E-state index < -0.39 is 18.2 Å². The van der Waals surface area contributed by atoms with Gasteiger partial charge in [-0.15, -0.1) is 0 Å². The number of rotatable bonds is 53. The number of nitrogens with one attached hydrogen (secondary N) is 1. The lowest BCUT2D eigenvalue weighted by molar-refractivity contribution is -0.151. The molecule has 6 heteroatoms. The fourth-order valence-corrected chi connectivity index (χ4v) is 8.99. The fraction of sp³-hybridized carbons (Fsp3) is 0.806. The molecule has 0 radical (unpaired) electrons. The van der Waals surface area contributed by atoms with Crippen molar-refractivity contribution in [1.29, 1.82) is 0 Å². The molecule has 0 fully saturated rings. The van der Waals surface area contributed by atoms with Crippen molar-refractivity contribution in [3.05, 3.63) is 60.8 Å². The molecule has 0 aromatic heterocycles. The normalized spacial score (nSPS) is 13.5. The highest BCUT2D eigenvalue weighted by molar-refractivity contribution is 5.77. The number of ether oxygens (including phenoxy) is 1. The smallest absolute Gasteiger partial charge is 0.306 e. The van der Waals surface area contributed by atoms with Crippen molar-refractivity contribution in [2.24, 2.45) is 0 Å². The molecule has 3 unspecified atom stereocenters. The van der Waals surface area contributed by atoms with Crippen LogP contribution in [0.15, 0.2) is 60.8 Å². The molecule has 0 saturated carbocycles. The van der Waals surface area contributed by atoms with Gasteiger partial charge in [0, 0.05) is 6.42 Å². The Morgan fingerprint density at radius 1 is 0.426 bits per heavy atom. The lowest BCUT2D eigenvalue weighted by Crippen LogP contribution is -2.46. The minimum atomic E-state index is -0.801. The second-order valence-corrected chi connectivity index (χ2v) is 20.2. The Balaban J connectivity index is 4.59. The van der Waals surface area contributed by atoms with E-state index in [0.29, 0.717) is 19.3 Å². The summed E-state index contributed by atoms with van der Waals surface area (Å²) >= 11 is 0. The van der Waals surface area contributed by atoms with Gasteiger partial charge in [0.2, 0.25) is 5.91 Å². The van der Waals surface area contributed by atoms with Gasteiger partial charge in [0.15, 0.2) is 0 Å². The van der Waals surface area contributed by atoms with E-state index in [1.54, 1.807) is 0 Å². The van der Waals surface area contributed by atoms with Gasteiger partial charge in [-0.1, -0.05) is 300 Å². The van der Waals surface area contributed by atoms with Crippen molar-refractivity contribution in [3.8, 4) is 0 Å². The van der Waals surface area contributed by atoms with Crippen LogP contribution in [0.2, 0.25) is 0 Å². The zero-order valence-corrected chi connectivity index (χ0v) is 45.2. The second-order valence-electron chi connectivity index (χ2n) is 20.2. The Bertz CT molecular complexity index is 1210. The largest absolute Gasteiger partial charge is 0.462 e. The molecule has 396 valence electrons. The van der Waals surface area contributed by atoms with Crippen LogP contribution in [0.4, 0.5) is 0 Å². The summed E-state index contributed by atoms with van der Waals surface area (Å²) < 4.78 is 5.95. The number of carbonyl (C=O) groups is 2. The van der Waals surface area contributed by atoms with Gasteiger partial charge < -0.3 is 20.3 Å². The van der Waals surface area contributed by atoms with Crippen molar-refractivity contribution in [2.45, 2.75) is 315 Å². The van der Waals surface area contributed by atoms with E-state index in [2.05, 4.69) is 56.5 Å². The molecule has 0 saturated heterocycles. The maximum Gasteiger partial charge on any atom is 0.306 e. The summed E-state index contributed by atoms with van der Waals surface area (Å²) in [6.07, 6.45) is 70.0. The van der Waals surface area contributed by atoms with Gasteiger partial charge in [-0.25, -0.2) is 0 Å². The van der Waals surface area contributed by atoms with Crippen LogP contribution in [-0.4, -0.2) is 46.9 Å². The minimum Gasteiger partial charge on any atom is -0.462 e. The molecule has 3 N–H and O–H groups in total. The highest BCUT2D eigenvalue weighted by Gasteiger charge is 2.24. The molecule has 0 spiro atoms. The first-order valence-corrected chi connectivity index (χ1v) is 29.6. The number of aliphatic hydroxyl groups is 2. The zero-order valence-electron chi connectivity index (χ0n) is 45.2. The van der Waals surface area contributed by atoms with E-state index in [1.165, 1.54) is 180 Å². The Hall–Kier alpha value is -2.44. The minimum absolute atomic E-state index is 0.0510.